The maximum Gasteiger partial charge on any atom is 0.319 e. The van der Waals surface area contributed by atoms with E-state index in [4.69, 9.17) is 23.2 Å². The third kappa shape index (κ3) is 5.49. The van der Waals surface area contributed by atoms with Gasteiger partial charge in [-0.2, -0.15) is 0 Å². The predicted molar refractivity (Wildman–Crippen MR) is 113 cm³/mol. The molecule has 7 heteroatoms. The first kappa shape index (κ1) is 19.7. The van der Waals surface area contributed by atoms with E-state index in [1.165, 1.54) is 0 Å². The molecule has 0 fully saturated rings. The highest BCUT2D eigenvalue weighted by atomic mass is 35.5. The van der Waals surface area contributed by atoms with Crippen LogP contribution in [0.25, 0.3) is 0 Å². The minimum atomic E-state index is -0.391. The third-order valence-electron chi connectivity index (χ3n) is 3.87. The van der Waals surface area contributed by atoms with E-state index >= 15 is 0 Å². The Hall–Kier alpha value is -3.02. The summed E-state index contributed by atoms with van der Waals surface area (Å²) in [5.41, 5.74) is 2.43. The molecule has 0 aliphatic heterocycles. The topological polar surface area (TPSA) is 70.2 Å². The number of hydrogen-bond donors (Lipinski definition) is 3. The summed E-state index contributed by atoms with van der Waals surface area (Å²) in [4.78, 5) is 24.4. The smallest absolute Gasteiger partial charge is 0.319 e. The molecule has 0 spiro atoms. The minimum Gasteiger partial charge on any atom is -0.334 e. The monoisotopic (exact) mass is 413 g/mol. The third-order valence-corrected chi connectivity index (χ3v) is 4.46. The van der Waals surface area contributed by atoms with Crippen molar-refractivity contribution >= 4 is 46.5 Å². The summed E-state index contributed by atoms with van der Waals surface area (Å²) >= 11 is 12.0. The van der Waals surface area contributed by atoms with Crippen molar-refractivity contribution in [3.05, 3.63) is 94.0 Å². The molecular formula is C21H17Cl2N3O2. The molecular weight excluding hydrogens is 397 g/mol. The van der Waals surface area contributed by atoms with Crippen LogP contribution in [0.1, 0.15) is 15.9 Å². The van der Waals surface area contributed by atoms with Crippen LogP contribution >= 0.6 is 23.2 Å². The van der Waals surface area contributed by atoms with E-state index in [1.54, 1.807) is 66.7 Å². The van der Waals surface area contributed by atoms with Gasteiger partial charge in [-0.15, -0.1) is 0 Å². The Kier molecular flexibility index (Phi) is 6.53. The SMILES string of the molecule is O=C(NCc1ccc(Cl)cc1Cl)Nc1cccc(NC(=O)c2ccccc2)c1. The molecule has 0 unspecified atom stereocenters. The molecule has 28 heavy (non-hydrogen) atoms. The molecule has 0 aliphatic rings. The van der Waals surface area contributed by atoms with Gasteiger partial charge in [-0.05, 0) is 48.0 Å². The van der Waals surface area contributed by atoms with Gasteiger partial charge in [0.15, 0.2) is 0 Å². The van der Waals surface area contributed by atoms with Gasteiger partial charge in [-0.25, -0.2) is 4.79 Å². The van der Waals surface area contributed by atoms with E-state index in [0.717, 1.165) is 5.56 Å². The Bertz CT molecular complexity index is 994. The molecule has 0 aliphatic carbocycles. The van der Waals surface area contributed by atoms with Gasteiger partial charge < -0.3 is 16.0 Å². The molecule has 0 radical (unpaired) electrons. The number of hydrogen-bond acceptors (Lipinski definition) is 2. The fraction of sp³-hybridized carbons (Fsp3) is 0.0476. The van der Waals surface area contributed by atoms with Gasteiger partial charge in [-0.3, -0.25) is 4.79 Å². The first-order valence-corrected chi connectivity index (χ1v) is 9.22. The lowest BCUT2D eigenvalue weighted by molar-refractivity contribution is 0.102. The van der Waals surface area contributed by atoms with Gasteiger partial charge in [0.25, 0.3) is 5.91 Å². The Morgan fingerprint density at radius 1 is 0.786 bits per heavy atom. The van der Waals surface area contributed by atoms with E-state index in [2.05, 4.69) is 16.0 Å². The van der Waals surface area contributed by atoms with Crippen LogP contribution in [-0.4, -0.2) is 11.9 Å². The van der Waals surface area contributed by atoms with Gasteiger partial charge in [0, 0.05) is 33.5 Å². The van der Waals surface area contributed by atoms with Crippen LogP contribution in [0.2, 0.25) is 10.0 Å². The average Bonchev–Trinajstić information content (AvgIpc) is 2.68. The first-order chi connectivity index (χ1) is 13.5. The second kappa shape index (κ2) is 9.26. The highest BCUT2D eigenvalue weighted by molar-refractivity contribution is 6.35. The highest BCUT2D eigenvalue weighted by Gasteiger charge is 2.08. The number of benzene rings is 3. The Morgan fingerprint density at radius 2 is 1.50 bits per heavy atom. The normalized spacial score (nSPS) is 10.2. The van der Waals surface area contributed by atoms with Crippen LogP contribution in [-0.2, 0) is 6.54 Å². The van der Waals surface area contributed by atoms with Crippen molar-refractivity contribution in [3.8, 4) is 0 Å². The number of carbonyl (C=O) groups is 2. The van der Waals surface area contributed by atoms with Crippen LogP contribution in [0.15, 0.2) is 72.8 Å². The molecule has 3 aromatic rings. The summed E-state index contributed by atoms with van der Waals surface area (Å²) in [6.07, 6.45) is 0. The molecule has 3 aromatic carbocycles. The molecule has 0 bridgehead atoms. The largest absolute Gasteiger partial charge is 0.334 e. The molecule has 5 nitrogen and oxygen atoms in total. The van der Waals surface area contributed by atoms with Gasteiger partial charge in [0.1, 0.15) is 0 Å². The fourth-order valence-corrected chi connectivity index (χ4v) is 2.96. The lowest BCUT2D eigenvalue weighted by Crippen LogP contribution is -2.28. The van der Waals surface area contributed by atoms with Crippen molar-refractivity contribution < 1.29 is 9.59 Å². The molecule has 0 heterocycles. The number of anilines is 2. The molecule has 0 saturated heterocycles. The Labute approximate surface area is 172 Å². The summed E-state index contributed by atoms with van der Waals surface area (Å²) in [6.45, 7) is 0.256. The van der Waals surface area contributed by atoms with Crippen molar-refractivity contribution in [2.24, 2.45) is 0 Å². The van der Waals surface area contributed by atoms with Crippen molar-refractivity contribution in [2.45, 2.75) is 6.54 Å². The minimum absolute atomic E-state index is 0.223. The van der Waals surface area contributed by atoms with Gasteiger partial charge >= 0.3 is 6.03 Å². The van der Waals surface area contributed by atoms with E-state index in [9.17, 15) is 9.59 Å². The summed E-state index contributed by atoms with van der Waals surface area (Å²) in [5.74, 6) is -0.223. The van der Waals surface area contributed by atoms with Crippen molar-refractivity contribution in [2.75, 3.05) is 10.6 Å². The zero-order valence-corrected chi connectivity index (χ0v) is 16.2. The predicted octanol–water partition coefficient (Wildman–Crippen LogP) is 5.57. The number of carbonyl (C=O) groups excluding carboxylic acids is 2. The Morgan fingerprint density at radius 3 is 2.21 bits per heavy atom. The summed E-state index contributed by atoms with van der Waals surface area (Å²) in [6, 6.07) is 20.5. The maximum atomic E-state index is 12.2. The molecule has 3 N–H and O–H groups in total. The van der Waals surface area contributed by atoms with E-state index in [0.29, 0.717) is 27.0 Å². The highest BCUT2D eigenvalue weighted by Crippen LogP contribution is 2.21. The van der Waals surface area contributed by atoms with Crippen LogP contribution in [0.4, 0.5) is 16.2 Å². The molecule has 3 amide bonds. The van der Waals surface area contributed by atoms with Crippen molar-refractivity contribution in [3.63, 3.8) is 0 Å². The maximum absolute atomic E-state index is 12.2. The second-order valence-corrected chi connectivity index (χ2v) is 6.79. The van der Waals surface area contributed by atoms with Crippen LogP contribution < -0.4 is 16.0 Å². The van der Waals surface area contributed by atoms with Crippen LogP contribution in [0, 0.1) is 0 Å². The molecule has 0 aromatic heterocycles. The van der Waals surface area contributed by atoms with Crippen LogP contribution in [0.3, 0.4) is 0 Å². The number of amides is 3. The summed E-state index contributed by atoms with van der Waals surface area (Å²) < 4.78 is 0. The Balaban J connectivity index is 1.57. The lowest BCUT2D eigenvalue weighted by atomic mass is 10.2. The van der Waals surface area contributed by atoms with Crippen molar-refractivity contribution in [1.82, 2.24) is 5.32 Å². The van der Waals surface area contributed by atoms with Crippen LogP contribution in [0.5, 0.6) is 0 Å². The van der Waals surface area contributed by atoms with Gasteiger partial charge in [-0.1, -0.05) is 53.5 Å². The van der Waals surface area contributed by atoms with E-state index < -0.39 is 6.03 Å². The van der Waals surface area contributed by atoms with Crippen molar-refractivity contribution in [1.29, 1.82) is 0 Å². The molecule has 0 atom stereocenters. The number of urea groups is 1. The second-order valence-electron chi connectivity index (χ2n) is 5.94. The standard InChI is InChI=1S/C21H17Cl2N3O2/c22-16-10-9-15(19(23)11-16)13-24-21(28)26-18-8-4-7-17(12-18)25-20(27)14-5-2-1-3-6-14/h1-12H,13H2,(H,25,27)(H2,24,26,28). The lowest BCUT2D eigenvalue weighted by Gasteiger charge is -2.11. The quantitative estimate of drug-likeness (QED) is 0.511. The van der Waals surface area contributed by atoms with E-state index in [1.807, 2.05) is 6.07 Å². The van der Waals surface area contributed by atoms with Gasteiger partial charge in [0.05, 0.1) is 0 Å². The first-order valence-electron chi connectivity index (χ1n) is 8.46. The van der Waals surface area contributed by atoms with E-state index in [-0.39, 0.29) is 12.5 Å². The summed E-state index contributed by atoms with van der Waals surface area (Å²) in [7, 11) is 0. The zero-order valence-electron chi connectivity index (χ0n) is 14.7. The number of nitrogens with one attached hydrogen (secondary N) is 3. The average molecular weight is 414 g/mol. The fourth-order valence-electron chi connectivity index (χ4n) is 2.48. The zero-order chi connectivity index (χ0) is 19.9. The molecule has 3 rings (SSSR count). The number of halogens is 2. The van der Waals surface area contributed by atoms with Gasteiger partial charge in [0.2, 0.25) is 0 Å². The molecule has 142 valence electrons. The molecule has 0 saturated carbocycles. The number of rotatable bonds is 5. The summed E-state index contributed by atoms with van der Waals surface area (Å²) in [5, 5.41) is 9.28.